The minimum atomic E-state index is -0.483. The van der Waals surface area contributed by atoms with Crippen molar-refractivity contribution in [3.05, 3.63) is 42.2 Å². The van der Waals surface area contributed by atoms with Crippen LogP contribution in [0.5, 0.6) is 5.75 Å². The van der Waals surface area contributed by atoms with Crippen LogP contribution in [0.3, 0.4) is 0 Å². The number of carbonyl (C=O) groups excluding carboxylic acids is 1. The van der Waals surface area contributed by atoms with E-state index in [1.165, 1.54) is 5.69 Å². The molecule has 31 heavy (non-hydrogen) atoms. The van der Waals surface area contributed by atoms with Crippen LogP contribution in [-0.4, -0.2) is 51.6 Å². The molecule has 4 heterocycles. The van der Waals surface area contributed by atoms with E-state index in [2.05, 4.69) is 21.8 Å². The molecule has 0 saturated carbocycles. The number of pyridine rings is 1. The van der Waals surface area contributed by atoms with Crippen LogP contribution in [-0.2, 0) is 16.7 Å². The molecule has 1 atom stereocenters. The van der Waals surface area contributed by atoms with Crippen LogP contribution in [0.15, 0.2) is 36.5 Å². The molecule has 2 aliphatic heterocycles. The van der Waals surface area contributed by atoms with E-state index in [4.69, 9.17) is 14.6 Å². The Hall–Kier alpha value is -3.09. The molecule has 7 nitrogen and oxygen atoms in total. The van der Waals surface area contributed by atoms with Gasteiger partial charge >= 0.3 is 6.09 Å². The fraction of sp³-hybridized carbons (Fsp3) is 0.458. The van der Waals surface area contributed by atoms with Crippen molar-refractivity contribution in [3.8, 4) is 17.0 Å². The van der Waals surface area contributed by atoms with Crippen molar-refractivity contribution >= 4 is 17.0 Å². The van der Waals surface area contributed by atoms with Crippen LogP contribution in [0, 0.1) is 0 Å². The smallest absolute Gasteiger partial charge is 0.410 e. The zero-order valence-corrected chi connectivity index (χ0v) is 18.5. The number of hydrogen-bond donors (Lipinski definition) is 0. The lowest BCUT2D eigenvalue weighted by atomic mass is 9.82. The first-order chi connectivity index (χ1) is 14.8. The maximum atomic E-state index is 12.6. The number of fused-ring (bicyclic) bond motifs is 3. The molecule has 162 valence electrons. The summed E-state index contributed by atoms with van der Waals surface area (Å²) in [5, 5.41) is 5.89. The van der Waals surface area contributed by atoms with Gasteiger partial charge in [0.1, 0.15) is 11.4 Å². The van der Waals surface area contributed by atoms with E-state index in [1.54, 1.807) is 7.11 Å². The summed E-state index contributed by atoms with van der Waals surface area (Å²) in [7, 11) is 1.67. The molecule has 0 radical (unpaired) electrons. The van der Waals surface area contributed by atoms with E-state index in [9.17, 15) is 4.79 Å². The third-order valence-electron chi connectivity index (χ3n) is 6.32. The number of amides is 1. The summed E-state index contributed by atoms with van der Waals surface area (Å²) in [4.78, 5) is 19.0. The van der Waals surface area contributed by atoms with Crippen molar-refractivity contribution in [1.29, 1.82) is 0 Å². The summed E-state index contributed by atoms with van der Waals surface area (Å²) in [5.41, 5.74) is 3.51. The third kappa shape index (κ3) is 3.52. The molecule has 1 amide bonds. The lowest BCUT2D eigenvalue weighted by Crippen LogP contribution is -2.37. The van der Waals surface area contributed by atoms with Crippen molar-refractivity contribution in [2.45, 2.75) is 51.2 Å². The molecule has 0 aliphatic carbocycles. The quantitative estimate of drug-likeness (QED) is 0.615. The molecule has 1 fully saturated rings. The highest BCUT2D eigenvalue weighted by molar-refractivity contribution is 5.84. The summed E-state index contributed by atoms with van der Waals surface area (Å²) >= 11 is 0. The lowest BCUT2D eigenvalue weighted by molar-refractivity contribution is 0.0284. The van der Waals surface area contributed by atoms with E-state index in [-0.39, 0.29) is 11.5 Å². The number of ether oxygens (including phenoxy) is 2. The molecule has 0 bridgehead atoms. The molecule has 5 rings (SSSR count). The molecule has 3 aromatic rings. The number of likely N-dealkylation sites (tertiary alicyclic amines) is 1. The predicted octanol–water partition coefficient (Wildman–Crippen LogP) is 4.39. The molecule has 2 aromatic heterocycles. The van der Waals surface area contributed by atoms with Gasteiger partial charge in [0.2, 0.25) is 0 Å². The Labute approximate surface area is 182 Å². The summed E-state index contributed by atoms with van der Waals surface area (Å²) in [6.45, 7) is 7.97. The number of aryl methyl sites for hydroxylation is 1. The van der Waals surface area contributed by atoms with Crippen LogP contribution >= 0.6 is 0 Å². The molecule has 1 unspecified atom stereocenters. The highest BCUT2D eigenvalue weighted by atomic mass is 16.6. The van der Waals surface area contributed by atoms with Crippen LogP contribution < -0.4 is 4.74 Å². The minimum absolute atomic E-state index is 0.0460. The van der Waals surface area contributed by atoms with Crippen LogP contribution in [0.25, 0.3) is 22.2 Å². The second-order valence-electron chi connectivity index (χ2n) is 9.60. The van der Waals surface area contributed by atoms with E-state index >= 15 is 0 Å². The lowest BCUT2D eigenvalue weighted by Gasteiger charge is -2.26. The Balaban J connectivity index is 1.42. The standard InChI is InChI=1S/C24H28N4O3/c1-23(2,3)31-22(29)27-9-7-24(15-27)8-10-28-21(24)13-20(26-28)17-11-16-12-18(30-4)5-6-19(16)25-14-17/h5-6,11-14H,7-10,15H2,1-4H3. The van der Waals surface area contributed by atoms with E-state index in [1.807, 2.05) is 50.1 Å². The second-order valence-corrected chi connectivity index (χ2v) is 9.60. The van der Waals surface area contributed by atoms with Gasteiger partial charge < -0.3 is 14.4 Å². The number of hydrogen-bond acceptors (Lipinski definition) is 5. The second kappa shape index (κ2) is 6.97. The Morgan fingerprint density at radius 3 is 2.71 bits per heavy atom. The van der Waals surface area contributed by atoms with E-state index in [0.29, 0.717) is 13.1 Å². The van der Waals surface area contributed by atoms with Gasteiger partial charge in [0, 0.05) is 47.9 Å². The number of benzene rings is 1. The van der Waals surface area contributed by atoms with Gasteiger partial charge in [0.15, 0.2) is 0 Å². The monoisotopic (exact) mass is 420 g/mol. The maximum absolute atomic E-state index is 12.6. The van der Waals surface area contributed by atoms with Gasteiger partial charge in [-0.25, -0.2) is 4.79 Å². The molecule has 2 aliphatic rings. The zero-order chi connectivity index (χ0) is 21.8. The Kier molecular flexibility index (Phi) is 4.46. The van der Waals surface area contributed by atoms with Crippen LogP contribution in [0.4, 0.5) is 4.79 Å². The van der Waals surface area contributed by atoms with Crippen molar-refractivity contribution in [2.75, 3.05) is 20.2 Å². The van der Waals surface area contributed by atoms with Crippen LogP contribution in [0.1, 0.15) is 39.3 Å². The number of carbonyl (C=O) groups is 1. The Morgan fingerprint density at radius 1 is 1.13 bits per heavy atom. The minimum Gasteiger partial charge on any atom is -0.497 e. The van der Waals surface area contributed by atoms with Crippen molar-refractivity contribution < 1.29 is 14.3 Å². The number of nitrogens with zero attached hydrogens (tertiary/aromatic N) is 4. The third-order valence-corrected chi connectivity index (χ3v) is 6.32. The molecular formula is C24H28N4O3. The Morgan fingerprint density at radius 2 is 1.94 bits per heavy atom. The normalized spacial score (nSPS) is 20.5. The fourth-order valence-electron chi connectivity index (χ4n) is 4.75. The summed E-state index contributed by atoms with van der Waals surface area (Å²) in [5.74, 6) is 0.811. The largest absolute Gasteiger partial charge is 0.497 e. The molecule has 1 aromatic carbocycles. The van der Waals surface area contributed by atoms with Gasteiger partial charge in [0.25, 0.3) is 0 Å². The summed E-state index contributed by atoms with van der Waals surface area (Å²) in [6, 6.07) is 10.2. The molecule has 7 heteroatoms. The SMILES string of the molecule is COc1ccc2ncc(-c3cc4n(n3)CCC43CCN(C(=O)OC(C)(C)C)C3)cc2c1. The highest BCUT2D eigenvalue weighted by Crippen LogP contribution is 2.44. The molecule has 1 spiro atoms. The maximum Gasteiger partial charge on any atom is 0.410 e. The van der Waals surface area contributed by atoms with Crippen LogP contribution in [0.2, 0.25) is 0 Å². The topological polar surface area (TPSA) is 69.5 Å². The molecule has 0 N–H and O–H groups in total. The summed E-state index contributed by atoms with van der Waals surface area (Å²) < 4.78 is 13.0. The highest BCUT2D eigenvalue weighted by Gasteiger charge is 2.47. The summed E-state index contributed by atoms with van der Waals surface area (Å²) in [6.07, 6.45) is 3.59. The van der Waals surface area contributed by atoms with Crippen molar-refractivity contribution in [1.82, 2.24) is 19.7 Å². The van der Waals surface area contributed by atoms with Gasteiger partial charge in [-0.3, -0.25) is 9.67 Å². The average molecular weight is 421 g/mol. The predicted molar refractivity (Wildman–Crippen MR) is 118 cm³/mol. The first-order valence-electron chi connectivity index (χ1n) is 10.8. The molecular weight excluding hydrogens is 392 g/mol. The van der Waals surface area contributed by atoms with Crippen molar-refractivity contribution in [2.24, 2.45) is 0 Å². The number of aromatic nitrogens is 3. The number of methoxy groups -OCH3 is 1. The Bertz CT molecular complexity index is 1160. The number of rotatable bonds is 2. The first-order valence-corrected chi connectivity index (χ1v) is 10.8. The fourth-order valence-corrected chi connectivity index (χ4v) is 4.75. The molecule has 1 saturated heterocycles. The zero-order valence-electron chi connectivity index (χ0n) is 18.5. The van der Waals surface area contributed by atoms with E-state index < -0.39 is 5.60 Å². The van der Waals surface area contributed by atoms with E-state index in [0.717, 1.165) is 47.3 Å². The van der Waals surface area contributed by atoms with Crippen molar-refractivity contribution in [3.63, 3.8) is 0 Å². The average Bonchev–Trinajstić information content (AvgIpc) is 3.43. The van der Waals surface area contributed by atoms with Gasteiger partial charge in [-0.2, -0.15) is 5.10 Å². The first kappa shape index (κ1) is 19.8. The van der Waals surface area contributed by atoms with Gasteiger partial charge in [0.05, 0.1) is 18.3 Å². The van der Waals surface area contributed by atoms with Gasteiger partial charge in [-0.1, -0.05) is 0 Å². The van der Waals surface area contributed by atoms with Gasteiger partial charge in [-0.15, -0.1) is 0 Å². The van der Waals surface area contributed by atoms with Gasteiger partial charge in [-0.05, 0) is 63.9 Å².